The molecule has 0 saturated carbocycles. The van der Waals surface area contributed by atoms with Gasteiger partial charge in [0.2, 0.25) is 0 Å². The van der Waals surface area contributed by atoms with E-state index >= 15 is 0 Å². The Balaban J connectivity index is 5.15. The Bertz CT molecular complexity index is 618. The van der Waals surface area contributed by atoms with Gasteiger partial charge in [0.05, 0.1) is 6.10 Å². The van der Waals surface area contributed by atoms with Gasteiger partial charge in [0.15, 0.2) is 23.2 Å². The molecule has 0 aliphatic heterocycles. The Labute approximate surface area is 195 Å². The summed E-state index contributed by atoms with van der Waals surface area (Å²) in [5, 5.41) is 0.375. The fraction of sp³-hybridized carbons (Fsp3) is 0.880. The fourth-order valence-electron chi connectivity index (χ4n) is 2.50. The van der Waals surface area contributed by atoms with Crippen LogP contribution in [0.3, 0.4) is 0 Å². The Hall–Kier alpha value is -0.616. The Kier molecular flexibility index (Phi) is 11.8. The van der Waals surface area contributed by atoms with E-state index in [1.54, 1.807) is 0 Å². The lowest BCUT2D eigenvalue weighted by atomic mass is 9.96. The van der Waals surface area contributed by atoms with Crippen LogP contribution in [-0.2, 0) is 18.4 Å². The van der Waals surface area contributed by atoms with Crippen LogP contribution in [0.2, 0.25) is 36.3 Å². The van der Waals surface area contributed by atoms with E-state index in [1.165, 1.54) is 6.92 Å². The zero-order valence-electron chi connectivity index (χ0n) is 22.7. The van der Waals surface area contributed by atoms with Gasteiger partial charge < -0.3 is 13.6 Å². The van der Waals surface area contributed by atoms with Gasteiger partial charge in [-0.1, -0.05) is 60.3 Å². The lowest BCUT2D eigenvalue weighted by Crippen LogP contribution is -2.45. The van der Waals surface area contributed by atoms with Crippen molar-refractivity contribution in [3.63, 3.8) is 0 Å². The smallest absolute Gasteiger partial charge is 0.303 e. The molecule has 0 fully saturated rings. The van der Waals surface area contributed by atoms with Crippen LogP contribution in [0.1, 0.15) is 75.2 Å². The standard InChI is InChI=1S/C25H50O4Si2/c1-20(19-28-30(10,11)24(4,5)6)16-17-23(29-31(12,13)25(7,8)9)21(2)15-14-18-27-22(3)26/h20-21,23H,16-19H2,1-13H3/t20-,21+,23-/m0/s1. The van der Waals surface area contributed by atoms with Crippen molar-refractivity contribution in [3.8, 4) is 11.8 Å². The van der Waals surface area contributed by atoms with Gasteiger partial charge in [-0.05, 0) is 61.9 Å². The molecule has 0 aromatic heterocycles. The van der Waals surface area contributed by atoms with Crippen LogP contribution in [0.25, 0.3) is 0 Å². The Morgan fingerprint density at radius 3 is 1.87 bits per heavy atom. The number of ether oxygens (including phenoxy) is 1. The van der Waals surface area contributed by atoms with E-state index < -0.39 is 16.6 Å². The van der Waals surface area contributed by atoms with Gasteiger partial charge in [-0.25, -0.2) is 0 Å². The molecule has 0 heterocycles. The van der Waals surface area contributed by atoms with Gasteiger partial charge in [-0.15, -0.1) is 0 Å². The summed E-state index contributed by atoms with van der Waals surface area (Å²) in [6.07, 6.45) is 2.07. The van der Waals surface area contributed by atoms with E-state index in [1.807, 2.05) is 0 Å². The SMILES string of the molecule is CC(=O)OCC#C[C@@H](C)[C@H](CC[C@H](C)CO[Si](C)(C)C(C)(C)C)O[Si](C)(C)C(C)(C)C. The van der Waals surface area contributed by atoms with Crippen LogP contribution in [0, 0.1) is 23.7 Å². The van der Waals surface area contributed by atoms with Crippen molar-refractivity contribution in [2.75, 3.05) is 13.2 Å². The number of carbonyl (C=O) groups is 1. The number of rotatable bonds is 10. The summed E-state index contributed by atoms with van der Waals surface area (Å²) in [5.41, 5.74) is 0. The van der Waals surface area contributed by atoms with E-state index in [4.69, 9.17) is 13.6 Å². The summed E-state index contributed by atoms with van der Waals surface area (Å²) in [5.74, 6) is 6.51. The minimum Gasteiger partial charge on any atom is -0.453 e. The molecule has 0 rings (SSSR count). The summed E-state index contributed by atoms with van der Waals surface area (Å²) < 4.78 is 18.2. The average molecular weight is 471 g/mol. The highest BCUT2D eigenvalue weighted by Gasteiger charge is 2.40. The van der Waals surface area contributed by atoms with Crippen molar-refractivity contribution >= 4 is 22.6 Å². The maximum atomic E-state index is 11.0. The van der Waals surface area contributed by atoms with Gasteiger partial charge >= 0.3 is 5.97 Å². The summed E-state index contributed by atoms with van der Waals surface area (Å²) in [7, 11) is -3.65. The van der Waals surface area contributed by atoms with E-state index in [0.29, 0.717) is 5.92 Å². The Morgan fingerprint density at radius 1 is 0.903 bits per heavy atom. The third-order valence-electron chi connectivity index (χ3n) is 6.97. The molecule has 0 bridgehead atoms. The van der Waals surface area contributed by atoms with Crippen LogP contribution >= 0.6 is 0 Å². The van der Waals surface area contributed by atoms with Crippen LogP contribution in [0.4, 0.5) is 0 Å². The van der Waals surface area contributed by atoms with Gasteiger partial charge in [-0.3, -0.25) is 4.79 Å². The van der Waals surface area contributed by atoms with Gasteiger partial charge in [0, 0.05) is 19.4 Å². The van der Waals surface area contributed by atoms with Crippen molar-refractivity contribution < 1.29 is 18.4 Å². The van der Waals surface area contributed by atoms with Crippen LogP contribution < -0.4 is 0 Å². The third-order valence-corrected chi connectivity index (χ3v) is 16.0. The summed E-state index contributed by atoms with van der Waals surface area (Å²) in [4.78, 5) is 11.0. The molecule has 6 heteroatoms. The summed E-state index contributed by atoms with van der Waals surface area (Å²) >= 11 is 0. The predicted octanol–water partition coefficient (Wildman–Crippen LogP) is 7.02. The lowest BCUT2D eigenvalue weighted by molar-refractivity contribution is -0.139. The summed E-state index contributed by atoms with van der Waals surface area (Å²) in [6, 6.07) is 0. The van der Waals surface area contributed by atoms with Gasteiger partial charge in [0.1, 0.15) is 0 Å². The molecule has 3 atom stereocenters. The zero-order chi connectivity index (χ0) is 24.7. The summed E-state index contributed by atoms with van der Waals surface area (Å²) in [6.45, 7) is 29.6. The second kappa shape index (κ2) is 12.0. The highest BCUT2D eigenvalue weighted by atomic mass is 28.4. The second-order valence-electron chi connectivity index (χ2n) is 12.1. The van der Waals surface area contributed by atoms with Crippen LogP contribution in [-0.4, -0.2) is 41.9 Å². The van der Waals surface area contributed by atoms with Crippen LogP contribution in [0.5, 0.6) is 0 Å². The average Bonchev–Trinajstić information content (AvgIpc) is 2.58. The molecular weight excluding hydrogens is 420 g/mol. The molecule has 31 heavy (non-hydrogen) atoms. The largest absolute Gasteiger partial charge is 0.453 e. The zero-order valence-corrected chi connectivity index (χ0v) is 24.7. The molecule has 0 amide bonds. The molecule has 0 saturated heterocycles. The van der Waals surface area contributed by atoms with Gasteiger partial charge in [-0.2, -0.15) is 0 Å². The molecule has 0 spiro atoms. The van der Waals surface area contributed by atoms with Crippen molar-refractivity contribution in [1.82, 2.24) is 0 Å². The quantitative estimate of drug-likeness (QED) is 0.195. The molecule has 0 aliphatic rings. The minimum atomic E-state index is -1.92. The highest BCUT2D eigenvalue weighted by molar-refractivity contribution is 6.74. The second-order valence-corrected chi connectivity index (χ2v) is 21.6. The minimum absolute atomic E-state index is 0.0704. The van der Waals surface area contributed by atoms with Crippen molar-refractivity contribution in [3.05, 3.63) is 0 Å². The van der Waals surface area contributed by atoms with E-state index in [2.05, 4.69) is 93.4 Å². The highest BCUT2D eigenvalue weighted by Crippen LogP contribution is 2.39. The van der Waals surface area contributed by atoms with E-state index in [-0.39, 0.29) is 34.7 Å². The first-order chi connectivity index (χ1) is 13.8. The first-order valence-corrected chi connectivity index (χ1v) is 17.6. The molecular formula is C25H50O4Si2. The third kappa shape index (κ3) is 11.2. The van der Waals surface area contributed by atoms with Crippen molar-refractivity contribution in [2.24, 2.45) is 11.8 Å². The lowest BCUT2D eigenvalue weighted by Gasteiger charge is -2.40. The molecule has 4 nitrogen and oxygen atoms in total. The molecule has 0 radical (unpaired) electrons. The number of hydrogen-bond acceptors (Lipinski definition) is 4. The fourth-order valence-corrected chi connectivity index (χ4v) is 5.07. The maximum absolute atomic E-state index is 11.0. The molecule has 182 valence electrons. The Morgan fingerprint density at radius 2 is 1.42 bits per heavy atom. The topological polar surface area (TPSA) is 44.8 Å². The normalized spacial score (nSPS) is 16.2. The van der Waals surface area contributed by atoms with E-state index in [0.717, 1.165) is 19.4 Å². The number of carbonyl (C=O) groups excluding carboxylic acids is 1. The monoisotopic (exact) mass is 470 g/mol. The number of hydrogen-bond donors (Lipinski definition) is 0. The molecule has 0 N–H and O–H groups in total. The first kappa shape index (κ1) is 30.4. The molecule has 0 aliphatic carbocycles. The van der Waals surface area contributed by atoms with E-state index in [9.17, 15) is 4.79 Å². The maximum Gasteiger partial charge on any atom is 0.303 e. The first-order valence-electron chi connectivity index (χ1n) is 11.7. The number of esters is 1. The molecule has 0 aromatic rings. The van der Waals surface area contributed by atoms with Crippen molar-refractivity contribution in [1.29, 1.82) is 0 Å². The molecule has 0 aromatic carbocycles. The van der Waals surface area contributed by atoms with Crippen LogP contribution in [0.15, 0.2) is 0 Å². The van der Waals surface area contributed by atoms with Gasteiger partial charge in [0.25, 0.3) is 0 Å². The predicted molar refractivity (Wildman–Crippen MR) is 137 cm³/mol. The molecule has 0 unspecified atom stereocenters. The van der Waals surface area contributed by atoms with Crippen molar-refractivity contribution in [2.45, 2.75) is 118 Å².